The molecule has 6 nitrogen and oxygen atoms in total. The van der Waals surface area contributed by atoms with Gasteiger partial charge in [-0.1, -0.05) is 12.8 Å². The molecule has 0 bridgehead atoms. The fourth-order valence-corrected chi connectivity index (χ4v) is 2.91. The molecule has 24 heavy (non-hydrogen) atoms. The molecule has 1 aromatic carbocycles. The first-order valence-corrected chi connectivity index (χ1v) is 8.56. The Morgan fingerprint density at radius 2 is 1.88 bits per heavy atom. The molecule has 0 aromatic heterocycles. The number of ether oxygens (including phenoxy) is 1. The van der Waals surface area contributed by atoms with Gasteiger partial charge in [-0.25, -0.2) is 0 Å². The van der Waals surface area contributed by atoms with Gasteiger partial charge in [-0.05, 0) is 44.0 Å². The molecule has 1 aromatic rings. The minimum Gasteiger partial charge on any atom is -0.497 e. The lowest BCUT2D eigenvalue weighted by molar-refractivity contribution is -0.885. The van der Waals surface area contributed by atoms with E-state index in [9.17, 15) is 9.59 Å². The van der Waals surface area contributed by atoms with E-state index in [0.29, 0.717) is 6.04 Å². The van der Waals surface area contributed by atoms with Crippen molar-refractivity contribution in [1.82, 2.24) is 5.32 Å². The summed E-state index contributed by atoms with van der Waals surface area (Å²) < 4.78 is 5.09. The predicted molar refractivity (Wildman–Crippen MR) is 93.2 cm³/mol. The third kappa shape index (κ3) is 5.23. The Kier molecular flexibility index (Phi) is 6.61. The highest BCUT2D eigenvalue weighted by Crippen LogP contribution is 2.17. The van der Waals surface area contributed by atoms with Crippen LogP contribution in [-0.4, -0.2) is 44.6 Å². The van der Waals surface area contributed by atoms with Gasteiger partial charge in [0.1, 0.15) is 5.75 Å². The lowest BCUT2D eigenvalue weighted by Crippen LogP contribution is -3.15. The minimum absolute atomic E-state index is 0.0247. The zero-order valence-corrected chi connectivity index (χ0v) is 14.7. The van der Waals surface area contributed by atoms with Crippen LogP contribution in [0.3, 0.4) is 0 Å². The van der Waals surface area contributed by atoms with E-state index in [1.54, 1.807) is 31.4 Å². The molecule has 1 aliphatic rings. The average molecular weight is 334 g/mol. The molecule has 2 rings (SSSR count). The van der Waals surface area contributed by atoms with E-state index in [2.05, 4.69) is 10.6 Å². The van der Waals surface area contributed by atoms with Crippen molar-refractivity contribution in [2.75, 3.05) is 26.0 Å². The lowest BCUT2D eigenvalue weighted by atomic mass is 10.2. The summed E-state index contributed by atoms with van der Waals surface area (Å²) >= 11 is 0. The summed E-state index contributed by atoms with van der Waals surface area (Å²) in [6.45, 7) is 2.10. The summed E-state index contributed by atoms with van der Waals surface area (Å²) in [4.78, 5) is 25.3. The summed E-state index contributed by atoms with van der Waals surface area (Å²) in [7, 11) is 3.47. The van der Waals surface area contributed by atoms with Crippen molar-refractivity contribution in [3.05, 3.63) is 24.3 Å². The van der Waals surface area contributed by atoms with Crippen molar-refractivity contribution >= 4 is 17.5 Å². The Hall–Kier alpha value is -2.08. The second-order valence-corrected chi connectivity index (χ2v) is 6.51. The standard InChI is InChI=1S/C18H27N3O3/c1-13(18(23)20-14-6-4-5-7-14)21(2)12-17(22)19-15-8-10-16(24-3)11-9-15/h8-11,13-14H,4-7,12H2,1-3H3,(H,19,22)(H,20,23)/p+1/t13-/m0/s1. The molecule has 0 aliphatic heterocycles. The van der Waals surface area contributed by atoms with E-state index in [-0.39, 0.29) is 24.4 Å². The van der Waals surface area contributed by atoms with Crippen LogP contribution in [0.5, 0.6) is 5.75 Å². The van der Waals surface area contributed by atoms with Crippen molar-refractivity contribution in [2.24, 2.45) is 0 Å². The molecular formula is C18H28N3O3+. The molecule has 6 heteroatoms. The first-order chi connectivity index (χ1) is 11.5. The third-order valence-electron chi connectivity index (χ3n) is 4.65. The summed E-state index contributed by atoms with van der Waals surface area (Å²) in [6, 6.07) is 7.23. The molecule has 0 radical (unpaired) electrons. The van der Waals surface area contributed by atoms with Crippen LogP contribution in [0, 0.1) is 0 Å². The minimum atomic E-state index is -0.257. The van der Waals surface area contributed by atoms with Crippen LogP contribution in [-0.2, 0) is 9.59 Å². The molecule has 0 spiro atoms. The third-order valence-corrected chi connectivity index (χ3v) is 4.65. The highest BCUT2D eigenvalue weighted by Gasteiger charge is 2.26. The Balaban J connectivity index is 1.79. The Morgan fingerprint density at radius 1 is 1.25 bits per heavy atom. The molecule has 1 saturated carbocycles. The smallest absolute Gasteiger partial charge is 0.279 e. The number of likely N-dealkylation sites (N-methyl/N-ethyl adjacent to an activating group) is 1. The molecule has 132 valence electrons. The van der Waals surface area contributed by atoms with Gasteiger partial charge in [-0.2, -0.15) is 0 Å². The SMILES string of the molecule is COc1ccc(NC(=O)C[NH+](C)[C@@H](C)C(=O)NC2CCCC2)cc1. The maximum absolute atomic E-state index is 12.3. The number of quaternary nitrogens is 1. The average Bonchev–Trinajstić information content (AvgIpc) is 3.07. The Bertz CT molecular complexity index is 553. The Labute approximate surface area is 143 Å². The maximum atomic E-state index is 12.3. The highest BCUT2D eigenvalue weighted by molar-refractivity contribution is 5.91. The van der Waals surface area contributed by atoms with Gasteiger partial charge in [0.2, 0.25) is 0 Å². The number of nitrogens with one attached hydrogen (secondary N) is 3. The van der Waals surface area contributed by atoms with Crippen LogP contribution < -0.4 is 20.3 Å². The van der Waals surface area contributed by atoms with Crippen LogP contribution >= 0.6 is 0 Å². The summed E-state index contributed by atoms with van der Waals surface area (Å²) in [5, 5.41) is 5.93. The van der Waals surface area contributed by atoms with Crippen molar-refractivity contribution < 1.29 is 19.2 Å². The molecule has 1 aliphatic carbocycles. The van der Waals surface area contributed by atoms with Crippen LogP contribution in [0.1, 0.15) is 32.6 Å². The normalized spacial score (nSPS) is 17.1. The van der Waals surface area contributed by atoms with Gasteiger partial charge in [0.05, 0.1) is 14.2 Å². The van der Waals surface area contributed by atoms with Gasteiger partial charge in [0, 0.05) is 11.7 Å². The summed E-state index contributed by atoms with van der Waals surface area (Å²) in [5.74, 6) is 0.655. The molecule has 0 saturated heterocycles. The van der Waals surface area contributed by atoms with E-state index in [1.807, 2.05) is 14.0 Å². The van der Waals surface area contributed by atoms with Crippen LogP contribution in [0.15, 0.2) is 24.3 Å². The number of rotatable bonds is 7. The first-order valence-electron chi connectivity index (χ1n) is 8.56. The highest BCUT2D eigenvalue weighted by atomic mass is 16.5. The number of hydrogen-bond acceptors (Lipinski definition) is 3. The van der Waals surface area contributed by atoms with Crippen LogP contribution in [0.4, 0.5) is 5.69 Å². The number of carbonyl (C=O) groups is 2. The summed E-state index contributed by atoms with van der Waals surface area (Å²) in [5.41, 5.74) is 0.719. The van der Waals surface area contributed by atoms with Crippen molar-refractivity contribution in [1.29, 1.82) is 0 Å². The van der Waals surface area contributed by atoms with Crippen molar-refractivity contribution in [3.8, 4) is 5.75 Å². The number of methoxy groups -OCH3 is 1. The van der Waals surface area contributed by atoms with E-state index >= 15 is 0 Å². The largest absolute Gasteiger partial charge is 0.497 e. The van der Waals surface area contributed by atoms with Gasteiger partial charge in [0.15, 0.2) is 12.6 Å². The molecule has 1 fully saturated rings. The van der Waals surface area contributed by atoms with E-state index in [1.165, 1.54) is 12.8 Å². The Morgan fingerprint density at radius 3 is 2.46 bits per heavy atom. The summed E-state index contributed by atoms with van der Waals surface area (Å²) in [6.07, 6.45) is 4.50. The zero-order chi connectivity index (χ0) is 17.5. The molecular weight excluding hydrogens is 306 g/mol. The van der Waals surface area contributed by atoms with E-state index in [4.69, 9.17) is 4.74 Å². The second-order valence-electron chi connectivity index (χ2n) is 6.51. The monoisotopic (exact) mass is 334 g/mol. The topological polar surface area (TPSA) is 71.9 Å². The number of amides is 2. The number of hydrogen-bond donors (Lipinski definition) is 3. The zero-order valence-electron chi connectivity index (χ0n) is 14.7. The molecule has 3 N–H and O–H groups in total. The van der Waals surface area contributed by atoms with Gasteiger partial charge in [-0.15, -0.1) is 0 Å². The second kappa shape index (κ2) is 8.68. The fraction of sp³-hybridized carbons (Fsp3) is 0.556. The van der Waals surface area contributed by atoms with Crippen molar-refractivity contribution in [2.45, 2.75) is 44.7 Å². The number of benzene rings is 1. The van der Waals surface area contributed by atoms with Gasteiger partial charge < -0.3 is 20.3 Å². The fourth-order valence-electron chi connectivity index (χ4n) is 2.91. The first kappa shape index (κ1) is 18.3. The molecule has 1 unspecified atom stereocenters. The molecule has 2 amide bonds. The predicted octanol–water partition coefficient (Wildman–Crippen LogP) is 0.596. The van der Waals surface area contributed by atoms with E-state index in [0.717, 1.165) is 29.2 Å². The number of anilines is 1. The van der Waals surface area contributed by atoms with Crippen LogP contribution in [0.25, 0.3) is 0 Å². The van der Waals surface area contributed by atoms with Crippen LogP contribution in [0.2, 0.25) is 0 Å². The van der Waals surface area contributed by atoms with Gasteiger partial charge >= 0.3 is 0 Å². The molecule has 0 heterocycles. The van der Waals surface area contributed by atoms with E-state index < -0.39 is 0 Å². The van der Waals surface area contributed by atoms with Crippen molar-refractivity contribution in [3.63, 3.8) is 0 Å². The molecule has 2 atom stereocenters. The van der Waals surface area contributed by atoms with Gasteiger partial charge in [-0.3, -0.25) is 9.59 Å². The number of carbonyl (C=O) groups excluding carboxylic acids is 2. The quantitative estimate of drug-likeness (QED) is 0.684. The maximum Gasteiger partial charge on any atom is 0.279 e. The lowest BCUT2D eigenvalue weighted by Gasteiger charge is -2.22. The van der Waals surface area contributed by atoms with Gasteiger partial charge in [0.25, 0.3) is 11.8 Å².